The molecule has 0 unspecified atom stereocenters. The third-order valence-electron chi connectivity index (χ3n) is 6.61. The molecule has 2 aliphatic rings. The van der Waals surface area contributed by atoms with Crippen LogP contribution in [0.5, 0.6) is 5.75 Å². The zero-order chi connectivity index (χ0) is 23.3. The summed E-state index contributed by atoms with van der Waals surface area (Å²) in [5.74, 6) is 0.260. The molecule has 0 N–H and O–H groups in total. The molecule has 2 saturated heterocycles. The van der Waals surface area contributed by atoms with Gasteiger partial charge in [0, 0.05) is 48.6 Å². The topological polar surface area (TPSA) is 49.9 Å². The predicted molar refractivity (Wildman–Crippen MR) is 126 cm³/mol. The van der Waals surface area contributed by atoms with E-state index in [2.05, 4.69) is 0 Å². The standard InChI is InChI=1S/C26H30ClFN2O3/c27-21-7-4-6-20(16-21)25(32)30-15-5-12-26(18-30,17-24(31)29-13-2-1-3-14-29)19-33-23-10-8-22(28)9-11-23/h4,6-11,16H,1-3,5,12-15,17-19H2/t26-/m1/s1. The third-order valence-corrected chi connectivity index (χ3v) is 6.85. The van der Waals surface area contributed by atoms with Gasteiger partial charge in [0.1, 0.15) is 11.6 Å². The Balaban J connectivity index is 1.53. The van der Waals surface area contributed by atoms with Gasteiger partial charge in [-0.15, -0.1) is 0 Å². The number of hydrogen-bond acceptors (Lipinski definition) is 3. The summed E-state index contributed by atoms with van der Waals surface area (Å²) in [6.45, 7) is 2.93. The Labute approximate surface area is 199 Å². The van der Waals surface area contributed by atoms with Crippen molar-refractivity contribution in [1.29, 1.82) is 0 Å². The molecular formula is C26H30ClFN2O3. The van der Waals surface area contributed by atoms with Gasteiger partial charge in [-0.1, -0.05) is 17.7 Å². The Hall–Kier alpha value is -2.60. The Kier molecular flexibility index (Phi) is 7.53. The number of rotatable bonds is 6. The molecule has 0 saturated carbocycles. The van der Waals surface area contributed by atoms with Crippen LogP contribution in [0.2, 0.25) is 5.02 Å². The Morgan fingerprint density at radius 3 is 2.42 bits per heavy atom. The van der Waals surface area contributed by atoms with E-state index in [4.69, 9.17) is 16.3 Å². The zero-order valence-corrected chi connectivity index (χ0v) is 19.5. The van der Waals surface area contributed by atoms with E-state index >= 15 is 0 Å². The SMILES string of the molecule is O=C(C[C@]1(COc2ccc(F)cc2)CCCN(C(=O)c2cccc(Cl)c2)C1)N1CCCCC1. The van der Waals surface area contributed by atoms with Crippen molar-refractivity contribution in [2.75, 3.05) is 32.8 Å². The highest BCUT2D eigenvalue weighted by atomic mass is 35.5. The minimum absolute atomic E-state index is 0.0891. The van der Waals surface area contributed by atoms with E-state index in [1.54, 1.807) is 36.4 Å². The average molecular weight is 473 g/mol. The molecule has 4 rings (SSSR count). The number of piperidine rings is 2. The fourth-order valence-electron chi connectivity index (χ4n) is 4.84. The van der Waals surface area contributed by atoms with Crippen LogP contribution in [-0.4, -0.2) is 54.4 Å². The number of nitrogens with zero attached hydrogens (tertiary/aromatic N) is 2. The Morgan fingerprint density at radius 2 is 1.70 bits per heavy atom. The lowest BCUT2D eigenvalue weighted by Gasteiger charge is -2.43. The third kappa shape index (κ3) is 6.05. The van der Waals surface area contributed by atoms with Crippen LogP contribution in [-0.2, 0) is 4.79 Å². The van der Waals surface area contributed by atoms with Gasteiger partial charge in [0.25, 0.3) is 5.91 Å². The second kappa shape index (κ2) is 10.6. The molecular weight excluding hydrogens is 443 g/mol. The van der Waals surface area contributed by atoms with Gasteiger partial charge in [-0.05, 0) is 74.6 Å². The van der Waals surface area contributed by atoms with Crippen LogP contribution in [0.3, 0.4) is 0 Å². The number of hydrogen-bond donors (Lipinski definition) is 0. The van der Waals surface area contributed by atoms with Gasteiger partial charge in [-0.25, -0.2) is 4.39 Å². The summed E-state index contributed by atoms with van der Waals surface area (Å²) < 4.78 is 19.4. The Morgan fingerprint density at radius 1 is 0.970 bits per heavy atom. The largest absolute Gasteiger partial charge is 0.493 e. The lowest BCUT2D eigenvalue weighted by Crippen LogP contribution is -2.51. The molecule has 176 valence electrons. The molecule has 0 spiro atoms. The number of likely N-dealkylation sites (tertiary alicyclic amines) is 2. The first-order valence-electron chi connectivity index (χ1n) is 11.7. The highest BCUT2D eigenvalue weighted by Crippen LogP contribution is 2.36. The summed E-state index contributed by atoms with van der Waals surface area (Å²) in [4.78, 5) is 30.2. The fraction of sp³-hybridized carbons (Fsp3) is 0.462. The van der Waals surface area contributed by atoms with Gasteiger partial charge >= 0.3 is 0 Å². The van der Waals surface area contributed by atoms with E-state index in [0.717, 1.165) is 45.2 Å². The monoisotopic (exact) mass is 472 g/mol. The van der Waals surface area contributed by atoms with Crippen molar-refractivity contribution in [3.63, 3.8) is 0 Å². The molecule has 33 heavy (non-hydrogen) atoms. The predicted octanol–water partition coefficient (Wildman–Crippen LogP) is 5.18. The van der Waals surface area contributed by atoms with Crippen molar-refractivity contribution in [3.8, 4) is 5.75 Å². The summed E-state index contributed by atoms with van der Waals surface area (Å²) in [5, 5.41) is 0.518. The maximum atomic E-state index is 13.3. The molecule has 0 aromatic heterocycles. The molecule has 0 bridgehead atoms. The molecule has 2 fully saturated rings. The minimum atomic E-state index is -0.505. The molecule has 2 aromatic carbocycles. The van der Waals surface area contributed by atoms with Crippen LogP contribution in [0.1, 0.15) is 48.9 Å². The maximum Gasteiger partial charge on any atom is 0.253 e. The summed E-state index contributed by atoms with van der Waals surface area (Å²) in [6.07, 6.45) is 5.12. The van der Waals surface area contributed by atoms with Crippen molar-refractivity contribution in [2.24, 2.45) is 5.41 Å². The number of carbonyl (C=O) groups is 2. The highest BCUT2D eigenvalue weighted by Gasteiger charge is 2.41. The number of carbonyl (C=O) groups excluding carboxylic acids is 2. The summed E-state index contributed by atoms with van der Waals surface area (Å²) in [5.41, 5.74) is 0.0372. The quantitative estimate of drug-likeness (QED) is 0.581. The van der Waals surface area contributed by atoms with Gasteiger partial charge in [-0.2, -0.15) is 0 Å². The summed E-state index contributed by atoms with van der Waals surface area (Å²) >= 11 is 6.10. The van der Waals surface area contributed by atoms with Gasteiger partial charge in [0.05, 0.1) is 6.61 Å². The molecule has 2 heterocycles. The first-order chi connectivity index (χ1) is 15.9. The number of benzene rings is 2. The average Bonchev–Trinajstić information content (AvgIpc) is 2.84. The van der Waals surface area contributed by atoms with Crippen LogP contribution >= 0.6 is 11.6 Å². The number of ether oxygens (including phenoxy) is 1. The molecule has 5 nitrogen and oxygen atoms in total. The van der Waals surface area contributed by atoms with Crippen molar-refractivity contribution >= 4 is 23.4 Å². The second-order valence-corrected chi connectivity index (χ2v) is 9.64. The molecule has 0 aliphatic carbocycles. The van der Waals surface area contributed by atoms with Crippen LogP contribution in [0, 0.1) is 11.2 Å². The van der Waals surface area contributed by atoms with Crippen molar-refractivity contribution in [1.82, 2.24) is 9.80 Å². The van der Waals surface area contributed by atoms with E-state index in [9.17, 15) is 14.0 Å². The molecule has 2 amide bonds. The first-order valence-corrected chi connectivity index (χ1v) is 12.0. The van der Waals surface area contributed by atoms with Crippen molar-refractivity contribution in [3.05, 3.63) is 64.9 Å². The molecule has 2 aliphatic heterocycles. The minimum Gasteiger partial charge on any atom is -0.493 e. The first kappa shape index (κ1) is 23.6. The normalized spacial score (nSPS) is 21.0. The zero-order valence-electron chi connectivity index (χ0n) is 18.8. The van der Waals surface area contributed by atoms with E-state index < -0.39 is 5.41 Å². The summed E-state index contributed by atoms with van der Waals surface area (Å²) in [7, 11) is 0. The molecule has 1 atom stereocenters. The van der Waals surface area contributed by atoms with Crippen LogP contribution in [0.4, 0.5) is 4.39 Å². The van der Waals surface area contributed by atoms with Crippen molar-refractivity contribution in [2.45, 2.75) is 38.5 Å². The maximum absolute atomic E-state index is 13.3. The van der Waals surface area contributed by atoms with E-state index in [0.29, 0.717) is 35.8 Å². The van der Waals surface area contributed by atoms with Crippen molar-refractivity contribution < 1.29 is 18.7 Å². The molecule has 7 heteroatoms. The van der Waals surface area contributed by atoms with Crippen LogP contribution < -0.4 is 4.74 Å². The van der Waals surface area contributed by atoms with E-state index in [1.165, 1.54) is 12.1 Å². The number of halogens is 2. The van der Waals surface area contributed by atoms with Gasteiger partial charge in [0.2, 0.25) is 5.91 Å². The lowest BCUT2D eigenvalue weighted by molar-refractivity contribution is -0.136. The van der Waals surface area contributed by atoms with Crippen LogP contribution in [0.25, 0.3) is 0 Å². The second-order valence-electron chi connectivity index (χ2n) is 9.20. The smallest absolute Gasteiger partial charge is 0.253 e. The lowest BCUT2D eigenvalue weighted by atomic mass is 9.77. The van der Waals surface area contributed by atoms with E-state index in [-0.39, 0.29) is 24.2 Å². The molecule has 2 aromatic rings. The number of amides is 2. The van der Waals surface area contributed by atoms with Gasteiger partial charge < -0.3 is 14.5 Å². The van der Waals surface area contributed by atoms with E-state index in [1.807, 2.05) is 9.80 Å². The molecule has 0 radical (unpaired) electrons. The summed E-state index contributed by atoms with van der Waals surface area (Å²) in [6, 6.07) is 12.8. The van der Waals surface area contributed by atoms with Gasteiger partial charge in [-0.3, -0.25) is 9.59 Å². The fourth-order valence-corrected chi connectivity index (χ4v) is 5.03. The highest BCUT2D eigenvalue weighted by molar-refractivity contribution is 6.30. The van der Waals surface area contributed by atoms with Gasteiger partial charge in [0.15, 0.2) is 0 Å². The Bertz CT molecular complexity index is 978. The van der Waals surface area contributed by atoms with Crippen LogP contribution in [0.15, 0.2) is 48.5 Å².